The van der Waals surface area contributed by atoms with Crippen molar-refractivity contribution in [2.75, 3.05) is 11.9 Å². The molecule has 128 valence electrons. The number of anilines is 1. The van der Waals surface area contributed by atoms with E-state index in [1.165, 1.54) is 11.1 Å². The van der Waals surface area contributed by atoms with Gasteiger partial charge in [-0.15, -0.1) is 0 Å². The average Bonchev–Trinajstić information content (AvgIpc) is 3.11. The van der Waals surface area contributed by atoms with Crippen LogP contribution in [0, 0.1) is 5.92 Å². The summed E-state index contributed by atoms with van der Waals surface area (Å²) >= 11 is 3.51. The zero-order valence-corrected chi connectivity index (χ0v) is 15.6. The van der Waals surface area contributed by atoms with Gasteiger partial charge >= 0.3 is 5.97 Å². The Balaban J connectivity index is 1.71. The molecule has 3 nitrogen and oxygen atoms in total. The van der Waals surface area contributed by atoms with Crippen molar-refractivity contribution in [1.29, 1.82) is 0 Å². The predicted octanol–water partition coefficient (Wildman–Crippen LogP) is 5.45. The number of allylic oxidation sites excluding steroid dienone is 2. The highest BCUT2D eigenvalue weighted by Gasteiger charge is 2.38. The van der Waals surface area contributed by atoms with Gasteiger partial charge in [0.1, 0.15) is 0 Å². The first-order valence-corrected chi connectivity index (χ1v) is 9.46. The minimum atomic E-state index is -0.251. The summed E-state index contributed by atoms with van der Waals surface area (Å²) < 4.78 is 6.24. The minimum absolute atomic E-state index is 0.251. The van der Waals surface area contributed by atoms with Crippen LogP contribution < -0.4 is 5.32 Å². The summed E-state index contributed by atoms with van der Waals surface area (Å²) in [6, 6.07) is 14.7. The third-order valence-electron chi connectivity index (χ3n) is 5.10. The third kappa shape index (κ3) is 2.99. The SMILES string of the molecule is CCOC(=O)c1ccc2c(c1)[C@@H]1C=CC[C@@H]1[C@H](c1ccc(Br)cc1)N2. The fourth-order valence-corrected chi connectivity index (χ4v) is 4.20. The van der Waals surface area contributed by atoms with Gasteiger partial charge in [0.2, 0.25) is 0 Å². The number of fused-ring (bicyclic) bond motifs is 3. The molecule has 1 N–H and O–H groups in total. The number of carbonyl (C=O) groups is 1. The van der Waals surface area contributed by atoms with Gasteiger partial charge in [-0.25, -0.2) is 4.79 Å². The molecule has 0 aromatic heterocycles. The van der Waals surface area contributed by atoms with E-state index >= 15 is 0 Å². The van der Waals surface area contributed by atoms with E-state index in [0.717, 1.165) is 16.6 Å². The molecule has 1 aliphatic heterocycles. The molecular formula is C21H20BrNO2. The number of nitrogens with one attached hydrogen (secondary N) is 1. The number of esters is 1. The summed E-state index contributed by atoms with van der Waals surface area (Å²) in [6.07, 6.45) is 5.58. The molecule has 0 saturated heterocycles. The van der Waals surface area contributed by atoms with Crippen LogP contribution in [0.1, 0.15) is 46.8 Å². The van der Waals surface area contributed by atoms with Crippen molar-refractivity contribution in [2.45, 2.75) is 25.3 Å². The van der Waals surface area contributed by atoms with Crippen molar-refractivity contribution in [1.82, 2.24) is 0 Å². The summed E-state index contributed by atoms with van der Waals surface area (Å²) in [5, 5.41) is 3.69. The van der Waals surface area contributed by atoms with Crippen LogP contribution in [-0.2, 0) is 4.74 Å². The van der Waals surface area contributed by atoms with Crippen molar-refractivity contribution in [2.24, 2.45) is 5.92 Å². The third-order valence-corrected chi connectivity index (χ3v) is 5.63. The second-order valence-electron chi connectivity index (χ2n) is 6.55. The Morgan fingerprint density at radius 3 is 2.80 bits per heavy atom. The summed E-state index contributed by atoms with van der Waals surface area (Å²) in [5.74, 6) is 0.546. The van der Waals surface area contributed by atoms with Crippen LogP contribution in [0.5, 0.6) is 0 Å². The molecule has 0 amide bonds. The number of hydrogen-bond acceptors (Lipinski definition) is 3. The molecule has 2 aromatic carbocycles. The van der Waals surface area contributed by atoms with Crippen molar-refractivity contribution < 1.29 is 9.53 Å². The lowest BCUT2D eigenvalue weighted by Crippen LogP contribution is -2.29. The van der Waals surface area contributed by atoms with E-state index in [4.69, 9.17) is 4.74 Å². The summed E-state index contributed by atoms with van der Waals surface area (Å²) in [5.41, 5.74) is 4.22. The molecule has 2 aliphatic rings. The predicted molar refractivity (Wildman–Crippen MR) is 103 cm³/mol. The van der Waals surface area contributed by atoms with E-state index in [0.29, 0.717) is 24.0 Å². The van der Waals surface area contributed by atoms with Crippen LogP contribution in [0.4, 0.5) is 5.69 Å². The highest BCUT2D eigenvalue weighted by molar-refractivity contribution is 9.10. The van der Waals surface area contributed by atoms with E-state index in [2.05, 4.69) is 57.7 Å². The van der Waals surface area contributed by atoms with Crippen LogP contribution in [0.25, 0.3) is 0 Å². The Labute approximate surface area is 156 Å². The number of halogens is 1. The van der Waals surface area contributed by atoms with Gasteiger partial charge < -0.3 is 10.1 Å². The molecule has 0 bridgehead atoms. The first-order valence-electron chi connectivity index (χ1n) is 8.67. The molecule has 1 aliphatic carbocycles. The van der Waals surface area contributed by atoms with Crippen LogP contribution in [0.3, 0.4) is 0 Å². The van der Waals surface area contributed by atoms with E-state index < -0.39 is 0 Å². The van der Waals surface area contributed by atoms with E-state index in [9.17, 15) is 4.79 Å². The van der Waals surface area contributed by atoms with Crippen molar-refractivity contribution in [3.63, 3.8) is 0 Å². The number of benzene rings is 2. The van der Waals surface area contributed by atoms with Crippen molar-refractivity contribution >= 4 is 27.6 Å². The molecule has 4 heteroatoms. The lowest BCUT2D eigenvalue weighted by atomic mass is 9.76. The average molecular weight is 398 g/mol. The monoisotopic (exact) mass is 397 g/mol. The first-order chi connectivity index (χ1) is 12.2. The highest BCUT2D eigenvalue weighted by atomic mass is 79.9. The number of hydrogen-bond donors (Lipinski definition) is 1. The summed E-state index contributed by atoms with van der Waals surface area (Å²) in [4.78, 5) is 12.1. The second kappa shape index (κ2) is 6.68. The van der Waals surface area contributed by atoms with Gasteiger partial charge in [-0.1, -0.05) is 40.2 Å². The molecule has 0 radical (unpaired) electrons. The van der Waals surface area contributed by atoms with Gasteiger partial charge in [-0.05, 0) is 60.7 Å². The summed E-state index contributed by atoms with van der Waals surface area (Å²) in [7, 11) is 0. The van der Waals surface area contributed by atoms with Crippen LogP contribution in [0.2, 0.25) is 0 Å². The van der Waals surface area contributed by atoms with Crippen LogP contribution >= 0.6 is 15.9 Å². The molecule has 4 rings (SSSR count). The molecule has 3 atom stereocenters. The Morgan fingerprint density at radius 1 is 1.24 bits per heavy atom. The molecule has 2 aromatic rings. The fraction of sp³-hybridized carbons (Fsp3) is 0.286. The molecule has 0 fully saturated rings. The lowest BCUT2D eigenvalue weighted by Gasteiger charge is -2.37. The van der Waals surface area contributed by atoms with Gasteiger partial charge in [0.25, 0.3) is 0 Å². The quantitative estimate of drug-likeness (QED) is 0.552. The van der Waals surface area contributed by atoms with Gasteiger partial charge in [0.05, 0.1) is 18.2 Å². The summed E-state index contributed by atoms with van der Waals surface area (Å²) in [6.45, 7) is 2.22. The van der Waals surface area contributed by atoms with E-state index in [1.54, 1.807) is 0 Å². The zero-order valence-electron chi connectivity index (χ0n) is 14.0. The van der Waals surface area contributed by atoms with E-state index in [1.807, 2.05) is 25.1 Å². The smallest absolute Gasteiger partial charge is 0.338 e. The standard InChI is InChI=1S/C21H20BrNO2/c1-2-25-21(24)14-8-11-19-18(12-14)16-4-3-5-17(16)20(23-19)13-6-9-15(22)10-7-13/h3-4,6-12,16-17,20,23H,2,5H2,1H3/t16-,17+,20+/m1/s1. The molecule has 1 heterocycles. The Hall–Kier alpha value is -2.07. The normalized spacial score (nSPS) is 23.5. The molecule has 0 saturated carbocycles. The van der Waals surface area contributed by atoms with Gasteiger partial charge in [-0.2, -0.15) is 0 Å². The lowest BCUT2D eigenvalue weighted by molar-refractivity contribution is 0.0526. The van der Waals surface area contributed by atoms with Crippen LogP contribution in [-0.4, -0.2) is 12.6 Å². The second-order valence-corrected chi connectivity index (χ2v) is 7.47. The number of rotatable bonds is 3. The maximum absolute atomic E-state index is 12.1. The molecule has 25 heavy (non-hydrogen) atoms. The highest BCUT2D eigenvalue weighted by Crippen LogP contribution is 2.50. The first kappa shape index (κ1) is 16.4. The zero-order chi connectivity index (χ0) is 17.4. The van der Waals surface area contributed by atoms with Gasteiger partial charge in [0.15, 0.2) is 0 Å². The fourth-order valence-electron chi connectivity index (χ4n) is 3.94. The molecular weight excluding hydrogens is 378 g/mol. The topological polar surface area (TPSA) is 38.3 Å². The Kier molecular flexibility index (Phi) is 4.38. The molecule has 0 unspecified atom stereocenters. The largest absolute Gasteiger partial charge is 0.462 e. The van der Waals surface area contributed by atoms with Gasteiger partial charge in [-0.3, -0.25) is 0 Å². The Bertz CT molecular complexity index is 828. The Morgan fingerprint density at radius 2 is 2.04 bits per heavy atom. The van der Waals surface area contributed by atoms with Gasteiger partial charge in [0, 0.05) is 16.1 Å². The van der Waals surface area contributed by atoms with Crippen molar-refractivity contribution in [3.05, 3.63) is 75.8 Å². The van der Waals surface area contributed by atoms with E-state index in [-0.39, 0.29) is 12.0 Å². The van der Waals surface area contributed by atoms with Crippen molar-refractivity contribution in [3.8, 4) is 0 Å². The van der Waals surface area contributed by atoms with Crippen LogP contribution in [0.15, 0.2) is 59.1 Å². The number of carbonyl (C=O) groups excluding carboxylic acids is 1. The number of ether oxygens (including phenoxy) is 1. The maximum atomic E-state index is 12.1. The molecule has 0 spiro atoms. The maximum Gasteiger partial charge on any atom is 0.338 e. The minimum Gasteiger partial charge on any atom is -0.462 e.